The SMILES string of the molecule is COC(=O)OC1=C(C)NC(C)=C(OC(=O)OCCC#N)C1c1ccccc1OCc1ccc(C)cc1. The highest BCUT2D eigenvalue weighted by atomic mass is 16.7. The Kier molecular flexibility index (Phi) is 8.95. The van der Waals surface area contributed by atoms with Crippen LogP contribution in [-0.4, -0.2) is 26.0 Å². The maximum atomic E-state index is 12.4. The molecule has 3 rings (SSSR count). The van der Waals surface area contributed by atoms with Gasteiger partial charge in [-0.15, -0.1) is 0 Å². The number of methoxy groups -OCH3 is 1. The Morgan fingerprint density at radius 3 is 2.22 bits per heavy atom. The number of allylic oxidation sites excluding steroid dienone is 2. The fourth-order valence-electron chi connectivity index (χ4n) is 3.64. The van der Waals surface area contributed by atoms with Crippen molar-refractivity contribution in [3.05, 3.63) is 88.1 Å². The van der Waals surface area contributed by atoms with E-state index in [2.05, 4.69) is 5.32 Å². The number of nitriles is 1. The van der Waals surface area contributed by atoms with E-state index >= 15 is 0 Å². The predicted molar refractivity (Wildman–Crippen MR) is 129 cm³/mol. The first-order valence-electron chi connectivity index (χ1n) is 11.3. The van der Waals surface area contributed by atoms with Gasteiger partial charge >= 0.3 is 12.3 Å². The van der Waals surface area contributed by atoms with E-state index in [4.69, 9.17) is 28.9 Å². The third-order valence-electron chi connectivity index (χ3n) is 5.37. The number of carbonyl (C=O) groups is 2. The molecule has 1 N–H and O–H groups in total. The van der Waals surface area contributed by atoms with Crippen LogP contribution in [0.15, 0.2) is 71.4 Å². The first-order valence-corrected chi connectivity index (χ1v) is 11.3. The van der Waals surface area contributed by atoms with Gasteiger partial charge in [-0.3, -0.25) is 0 Å². The van der Waals surface area contributed by atoms with Gasteiger partial charge < -0.3 is 29.0 Å². The van der Waals surface area contributed by atoms with E-state index in [9.17, 15) is 9.59 Å². The molecule has 1 aliphatic rings. The second kappa shape index (κ2) is 12.3. The summed E-state index contributed by atoms with van der Waals surface area (Å²) in [6, 6.07) is 17.1. The van der Waals surface area contributed by atoms with Crippen LogP contribution in [0.1, 0.15) is 42.9 Å². The van der Waals surface area contributed by atoms with Crippen LogP contribution in [0.4, 0.5) is 9.59 Å². The Bertz CT molecular complexity index is 1210. The van der Waals surface area contributed by atoms with Gasteiger partial charge in [0.25, 0.3) is 0 Å². The zero-order valence-electron chi connectivity index (χ0n) is 20.6. The zero-order valence-corrected chi connectivity index (χ0v) is 20.6. The minimum atomic E-state index is -0.985. The molecule has 2 aromatic carbocycles. The van der Waals surface area contributed by atoms with Crippen LogP contribution in [0.3, 0.4) is 0 Å². The molecular weight excluding hydrogens is 464 g/mol. The van der Waals surface area contributed by atoms with E-state index < -0.39 is 18.2 Å². The molecule has 1 heterocycles. The molecule has 1 unspecified atom stereocenters. The van der Waals surface area contributed by atoms with E-state index in [0.717, 1.165) is 11.1 Å². The van der Waals surface area contributed by atoms with Crippen molar-refractivity contribution < 1.29 is 33.3 Å². The van der Waals surface area contributed by atoms with Crippen molar-refractivity contribution in [1.82, 2.24) is 5.32 Å². The number of hydrogen-bond acceptors (Lipinski definition) is 9. The van der Waals surface area contributed by atoms with Crippen LogP contribution in [0.2, 0.25) is 0 Å². The molecule has 36 heavy (non-hydrogen) atoms. The molecule has 9 nitrogen and oxygen atoms in total. The van der Waals surface area contributed by atoms with Gasteiger partial charge in [-0.25, -0.2) is 9.59 Å². The lowest BCUT2D eigenvalue weighted by Crippen LogP contribution is -2.29. The summed E-state index contributed by atoms with van der Waals surface area (Å²) in [7, 11) is 1.20. The summed E-state index contributed by atoms with van der Waals surface area (Å²) in [5.74, 6) is 0.0186. The largest absolute Gasteiger partial charge is 0.513 e. The second-order valence-electron chi connectivity index (χ2n) is 8.01. The third kappa shape index (κ3) is 6.57. The fraction of sp³-hybridized carbons (Fsp3) is 0.296. The normalized spacial score (nSPS) is 14.9. The smallest absolute Gasteiger partial charge is 0.489 e. The number of aryl methyl sites for hydroxylation is 1. The summed E-state index contributed by atoms with van der Waals surface area (Å²) in [5, 5.41) is 11.8. The number of benzene rings is 2. The first-order chi connectivity index (χ1) is 17.3. The molecule has 1 aliphatic heterocycles. The molecule has 0 fully saturated rings. The molecule has 9 heteroatoms. The van der Waals surface area contributed by atoms with Gasteiger partial charge in [-0.05, 0) is 32.4 Å². The molecule has 2 aromatic rings. The Hall–Kier alpha value is -4.45. The Morgan fingerprint density at radius 1 is 0.944 bits per heavy atom. The topological polar surface area (TPSA) is 116 Å². The molecule has 1 atom stereocenters. The predicted octanol–water partition coefficient (Wildman–Crippen LogP) is 5.57. The zero-order chi connectivity index (χ0) is 26.1. The fourth-order valence-corrected chi connectivity index (χ4v) is 3.64. The summed E-state index contributed by atoms with van der Waals surface area (Å²) < 4.78 is 26.9. The Balaban J connectivity index is 1.99. The molecule has 0 aliphatic carbocycles. The third-order valence-corrected chi connectivity index (χ3v) is 5.37. The van der Waals surface area contributed by atoms with Crippen molar-refractivity contribution in [3.63, 3.8) is 0 Å². The number of ether oxygens (including phenoxy) is 5. The van der Waals surface area contributed by atoms with Gasteiger partial charge in [-0.1, -0.05) is 48.0 Å². The number of hydrogen-bond donors (Lipinski definition) is 1. The van der Waals surface area contributed by atoms with Gasteiger partial charge in [-0.2, -0.15) is 5.26 Å². The number of dihydropyridines is 1. The minimum Gasteiger partial charge on any atom is -0.489 e. The molecule has 0 saturated heterocycles. The highest BCUT2D eigenvalue weighted by Crippen LogP contribution is 2.43. The van der Waals surface area contributed by atoms with Crippen molar-refractivity contribution in [2.45, 2.75) is 39.7 Å². The minimum absolute atomic E-state index is 0.0280. The lowest BCUT2D eigenvalue weighted by molar-refractivity contribution is 0.0675. The number of carbonyl (C=O) groups excluding carboxylic acids is 2. The van der Waals surface area contributed by atoms with Crippen LogP contribution in [0, 0.1) is 18.3 Å². The maximum Gasteiger partial charge on any atom is 0.513 e. The van der Waals surface area contributed by atoms with Crippen molar-refractivity contribution >= 4 is 12.3 Å². The van der Waals surface area contributed by atoms with Crippen LogP contribution < -0.4 is 10.1 Å². The summed E-state index contributed by atoms with van der Waals surface area (Å²) in [4.78, 5) is 24.5. The number of nitrogens with zero attached hydrogens (tertiary/aromatic N) is 1. The second-order valence-corrected chi connectivity index (χ2v) is 8.01. The number of rotatable bonds is 8. The molecule has 0 spiro atoms. The summed E-state index contributed by atoms with van der Waals surface area (Å²) in [6.45, 7) is 5.64. The van der Waals surface area contributed by atoms with Gasteiger partial charge in [0.1, 0.15) is 36.4 Å². The van der Waals surface area contributed by atoms with E-state index in [-0.39, 0.29) is 24.5 Å². The monoisotopic (exact) mass is 492 g/mol. The molecule has 0 radical (unpaired) electrons. The Labute approximate surface area is 209 Å². The molecule has 0 aromatic heterocycles. The van der Waals surface area contributed by atoms with Gasteiger partial charge in [0.15, 0.2) is 0 Å². The van der Waals surface area contributed by atoms with E-state index in [1.165, 1.54) is 7.11 Å². The lowest BCUT2D eigenvalue weighted by Gasteiger charge is -2.31. The highest BCUT2D eigenvalue weighted by Gasteiger charge is 2.37. The van der Waals surface area contributed by atoms with Gasteiger partial charge in [0, 0.05) is 5.56 Å². The van der Waals surface area contributed by atoms with Crippen LogP contribution >= 0.6 is 0 Å². The number of nitrogens with one attached hydrogen (secondary N) is 1. The van der Waals surface area contributed by atoms with E-state index in [1.54, 1.807) is 32.0 Å². The van der Waals surface area contributed by atoms with E-state index in [0.29, 0.717) is 29.3 Å². The van der Waals surface area contributed by atoms with E-state index in [1.807, 2.05) is 43.3 Å². The Morgan fingerprint density at radius 2 is 1.58 bits per heavy atom. The average Bonchev–Trinajstić information content (AvgIpc) is 2.87. The average molecular weight is 493 g/mol. The van der Waals surface area contributed by atoms with Crippen LogP contribution in [-0.2, 0) is 25.6 Å². The molecule has 0 amide bonds. The van der Waals surface area contributed by atoms with Gasteiger partial charge in [0.2, 0.25) is 0 Å². The summed E-state index contributed by atoms with van der Waals surface area (Å²) in [5.41, 5.74) is 3.76. The van der Waals surface area contributed by atoms with Crippen LogP contribution in [0.5, 0.6) is 5.75 Å². The quantitative estimate of drug-likeness (QED) is 0.373. The van der Waals surface area contributed by atoms with Crippen LogP contribution in [0.25, 0.3) is 0 Å². The molecular formula is C27H28N2O7. The van der Waals surface area contributed by atoms with Crippen molar-refractivity contribution in [2.75, 3.05) is 13.7 Å². The van der Waals surface area contributed by atoms with Crippen molar-refractivity contribution in [1.29, 1.82) is 5.26 Å². The summed E-state index contributed by atoms with van der Waals surface area (Å²) in [6.07, 6.45) is -1.88. The highest BCUT2D eigenvalue weighted by molar-refractivity contribution is 5.65. The molecule has 188 valence electrons. The number of para-hydroxylation sites is 1. The van der Waals surface area contributed by atoms with Crippen molar-refractivity contribution in [2.24, 2.45) is 0 Å². The van der Waals surface area contributed by atoms with Crippen molar-refractivity contribution in [3.8, 4) is 11.8 Å². The molecule has 0 saturated carbocycles. The summed E-state index contributed by atoms with van der Waals surface area (Å²) >= 11 is 0. The molecule has 0 bridgehead atoms. The first kappa shape index (κ1) is 26.2. The standard InChI is InChI=1S/C27H28N2O7/c1-17-10-12-20(13-11-17)16-34-22-9-6-5-8-21(22)23-24(35-26(30)32-4)18(2)29-19(3)25(23)36-27(31)33-15-7-14-28/h5-6,8-13,23,29H,7,15-16H2,1-4H3. The maximum absolute atomic E-state index is 12.4. The van der Waals surface area contributed by atoms with Gasteiger partial charge in [0.05, 0.1) is 31.0 Å². The lowest BCUT2D eigenvalue weighted by atomic mass is 9.90.